The Morgan fingerprint density at radius 3 is 2.33 bits per heavy atom. The molecule has 176 valence electrons. The summed E-state index contributed by atoms with van der Waals surface area (Å²) in [6.07, 6.45) is 1.67. The zero-order valence-corrected chi connectivity index (χ0v) is 21.0. The van der Waals surface area contributed by atoms with Gasteiger partial charge in [0.15, 0.2) is 15.0 Å². The highest BCUT2D eigenvalue weighted by atomic mass is 32.2. The Bertz CT molecular complexity index is 1440. The third-order valence-corrected chi connectivity index (χ3v) is 9.91. The molecule has 11 heteroatoms. The Hall–Kier alpha value is -2.34. The van der Waals surface area contributed by atoms with Crippen molar-refractivity contribution in [1.29, 1.82) is 0 Å². The fourth-order valence-corrected chi connectivity index (χ4v) is 8.22. The lowest BCUT2D eigenvalue weighted by molar-refractivity contribution is -0.120. The van der Waals surface area contributed by atoms with Crippen molar-refractivity contribution in [2.24, 2.45) is 5.92 Å². The van der Waals surface area contributed by atoms with Gasteiger partial charge in [0.2, 0.25) is 15.9 Å². The minimum atomic E-state index is -4.00. The number of rotatable bonds is 5. The number of hydrogen-bond donors (Lipinski definition) is 1. The number of carbonyl (C=O) groups excluding carboxylic acids is 1. The van der Waals surface area contributed by atoms with Crippen LogP contribution in [0.15, 0.2) is 46.2 Å². The molecule has 33 heavy (non-hydrogen) atoms. The fraction of sp³-hybridized carbons (Fsp3) is 0.364. The van der Waals surface area contributed by atoms with Crippen molar-refractivity contribution >= 4 is 52.5 Å². The molecule has 1 fully saturated rings. The van der Waals surface area contributed by atoms with Crippen molar-refractivity contribution in [1.82, 2.24) is 9.29 Å². The molecule has 1 aliphatic heterocycles. The number of anilines is 1. The molecule has 0 spiro atoms. The number of fused-ring (bicyclic) bond motifs is 1. The van der Waals surface area contributed by atoms with E-state index in [1.165, 1.54) is 39.9 Å². The normalized spacial score (nSPS) is 16.2. The van der Waals surface area contributed by atoms with Crippen molar-refractivity contribution in [3.63, 3.8) is 0 Å². The molecule has 3 aromatic rings. The molecule has 0 bridgehead atoms. The Balaban J connectivity index is 1.46. The molecule has 1 aromatic heterocycles. The molecule has 1 aliphatic rings. The first-order chi connectivity index (χ1) is 15.5. The summed E-state index contributed by atoms with van der Waals surface area (Å²) in [7, 11) is -7.70. The Morgan fingerprint density at radius 1 is 1.06 bits per heavy atom. The summed E-state index contributed by atoms with van der Waals surface area (Å²) in [6, 6.07) is 9.68. The van der Waals surface area contributed by atoms with Crippen LogP contribution in [-0.2, 0) is 24.7 Å². The van der Waals surface area contributed by atoms with Gasteiger partial charge in [-0.05, 0) is 56.0 Å². The van der Waals surface area contributed by atoms with Crippen LogP contribution < -0.4 is 5.32 Å². The molecule has 0 saturated carbocycles. The number of carbonyl (C=O) groups is 1. The molecule has 1 N–H and O–H groups in total. The van der Waals surface area contributed by atoms with E-state index < -0.39 is 19.9 Å². The predicted molar refractivity (Wildman–Crippen MR) is 129 cm³/mol. The van der Waals surface area contributed by atoms with Gasteiger partial charge in [0.05, 0.1) is 15.1 Å². The van der Waals surface area contributed by atoms with Crippen LogP contribution in [0.5, 0.6) is 0 Å². The highest BCUT2D eigenvalue weighted by Crippen LogP contribution is 2.31. The van der Waals surface area contributed by atoms with E-state index in [0.717, 1.165) is 27.6 Å². The van der Waals surface area contributed by atoms with Crippen molar-refractivity contribution in [2.75, 3.05) is 24.7 Å². The van der Waals surface area contributed by atoms with Gasteiger partial charge in [0.1, 0.15) is 4.90 Å². The van der Waals surface area contributed by atoms with Gasteiger partial charge in [-0.15, -0.1) is 0 Å². The van der Waals surface area contributed by atoms with Gasteiger partial charge in [-0.25, -0.2) is 21.8 Å². The standard InChI is InChI=1S/C22H25N3O5S3/c1-14-12-15(2)20-17(13-14)31-22(23-20)24-21(26)16-8-10-25(11-9-16)33(29,30)19-7-5-4-6-18(19)32(3,27)28/h4-7,12-13,16H,8-11H2,1-3H3,(H,23,24,26). The number of aromatic nitrogens is 1. The van der Waals surface area contributed by atoms with Gasteiger partial charge < -0.3 is 5.32 Å². The van der Waals surface area contributed by atoms with Crippen LogP contribution in [0.1, 0.15) is 24.0 Å². The SMILES string of the molecule is Cc1cc(C)c2nc(NC(=O)C3CCN(S(=O)(=O)c4ccccc4S(C)(=O)=O)CC3)sc2c1. The topological polar surface area (TPSA) is 114 Å². The molecule has 2 heterocycles. The molecular weight excluding hydrogens is 482 g/mol. The van der Waals surface area contributed by atoms with E-state index >= 15 is 0 Å². The van der Waals surface area contributed by atoms with Crippen molar-refractivity contribution < 1.29 is 21.6 Å². The summed E-state index contributed by atoms with van der Waals surface area (Å²) in [4.78, 5) is 16.9. The first-order valence-electron chi connectivity index (χ1n) is 10.4. The quantitative estimate of drug-likeness (QED) is 0.567. The Morgan fingerprint density at radius 2 is 1.70 bits per heavy atom. The van der Waals surface area contributed by atoms with Gasteiger partial charge in [-0.1, -0.05) is 29.5 Å². The van der Waals surface area contributed by atoms with Crippen LogP contribution in [0, 0.1) is 19.8 Å². The number of aryl methyl sites for hydroxylation is 2. The van der Waals surface area contributed by atoms with E-state index in [9.17, 15) is 21.6 Å². The van der Waals surface area contributed by atoms with Crippen LogP contribution in [0.4, 0.5) is 5.13 Å². The molecule has 0 radical (unpaired) electrons. The first kappa shape index (κ1) is 23.8. The predicted octanol–water partition coefficient (Wildman–Crippen LogP) is 3.36. The second-order valence-corrected chi connectivity index (χ2v) is 13.3. The third kappa shape index (κ3) is 4.81. The number of nitrogens with zero attached hydrogens (tertiary/aromatic N) is 2. The summed E-state index contributed by atoms with van der Waals surface area (Å²) in [5.74, 6) is -0.534. The zero-order chi connectivity index (χ0) is 24.0. The number of piperidine rings is 1. The molecule has 4 rings (SSSR count). The Labute approximate surface area is 197 Å². The van der Waals surface area contributed by atoms with Crippen LogP contribution in [-0.4, -0.2) is 51.4 Å². The summed E-state index contributed by atoms with van der Waals surface area (Å²) in [5.41, 5.74) is 3.05. The van der Waals surface area contributed by atoms with Crippen LogP contribution in [0.2, 0.25) is 0 Å². The van der Waals surface area contributed by atoms with Gasteiger partial charge in [-0.3, -0.25) is 4.79 Å². The summed E-state index contributed by atoms with van der Waals surface area (Å²) in [6.45, 7) is 4.27. The maximum Gasteiger partial charge on any atom is 0.244 e. The zero-order valence-electron chi connectivity index (χ0n) is 18.5. The average molecular weight is 508 g/mol. The van der Waals surface area contributed by atoms with Crippen molar-refractivity contribution in [3.05, 3.63) is 47.5 Å². The average Bonchev–Trinajstić information content (AvgIpc) is 3.16. The van der Waals surface area contributed by atoms with Gasteiger partial charge in [0, 0.05) is 25.3 Å². The van der Waals surface area contributed by atoms with E-state index in [4.69, 9.17) is 0 Å². The van der Waals surface area contributed by atoms with Crippen LogP contribution in [0.25, 0.3) is 10.2 Å². The molecule has 0 unspecified atom stereocenters. The highest BCUT2D eigenvalue weighted by Gasteiger charge is 2.34. The van der Waals surface area contributed by atoms with E-state index in [-0.39, 0.29) is 34.7 Å². The summed E-state index contributed by atoms with van der Waals surface area (Å²) in [5, 5.41) is 3.41. The molecule has 1 amide bonds. The van der Waals surface area contributed by atoms with Crippen molar-refractivity contribution in [3.8, 4) is 0 Å². The molecule has 1 saturated heterocycles. The van der Waals surface area contributed by atoms with Gasteiger partial charge in [0.25, 0.3) is 0 Å². The number of sulfone groups is 1. The lowest BCUT2D eigenvalue weighted by Crippen LogP contribution is -2.41. The first-order valence-corrected chi connectivity index (χ1v) is 14.6. The van der Waals surface area contributed by atoms with E-state index in [0.29, 0.717) is 18.0 Å². The second kappa shape index (κ2) is 8.79. The molecule has 2 aromatic carbocycles. The lowest BCUT2D eigenvalue weighted by atomic mass is 9.97. The molecule has 8 nitrogen and oxygen atoms in total. The molecular formula is C22H25N3O5S3. The number of amides is 1. The number of thiazole rings is 1. The minimum absolute atomic E-state index is 0.136. The number of sulfonamides is 1. The lowest BCUT2D eigenvalue weighted by Gasteiger charge is -2.30. The third-order valence-electron chi connectivity index (χ3n) is 5.75. The maximum absolute atomic E-state index is 13.1. The number of benzene rings is 2. The number of nitrogens with one attached hydrogen (secondary N) is 1. The Kier molecular flexibility index (Phi) is 6.34. The maximum atomic E-state index is 13.1. The minimum Gasteiger partial charge on any atom is -0.302 e. The molecule has 0 aliphatic carbocycles. The summed E-state index contributed by atoms with van der Waals surface area (Å²) >= 11 is 1.42. The van der Waals surface area contributed by atoms with Crippen molar-refractivity contribution in [2.45, 2.75) is 36.5 Å². The van der Waals surface area contributed by atoms with Crippen LogP contribution in [0.3, 0.4) is 0 Å². The fourth-order valence-electron chi connectivity index (χ4n) is 4.10. The van der Waals surface area contributed by atoms with Gasteiger partial charge >= 0.3 is 0 Å². The monoisotopic (exact) mass is 507 g/mol. The molecule has 0 atom stereocenters. The summed E-state index contributed by atoms with van der Waals surface area (Å²) < 4.78 is 52.7. The van der Waals surface area contributed by atoms with Crippen LogP contribution >= 0.6 is 11.3 Å². The van der Waals surface area contributed by atoms with Gasteiger partial charge in [-0.2, -0.15) is 4.31 Å². The van der Waals surface area contributed by atoms with E-state index in [1.807, 2.05) is 26.0 Å². The largest absolute Gasteiger partial charge is 0.302 e. The second-order valence-electron chi connectivity index (χ2n) is 8.33. The van der Waals surface area contributed by atoms with E-state index in [2.05, 4.69) is 10.3 Å². The van der Waals surface area contributed by atoms with E-state index in [1.54, 1.807) is 0 Å². The number of hydrogen-bond acceptors (Lipinski definition) is 7. The highest BCUT2D eigenvalue weighted by molar-refractivity contribution is 7.93. The smallest absolute Gasteiger partial charge is 0.244 e.